The number of carboxylic acids is 1. The zero-order chi connectivity index (χ0) is 14.8. The van der Waals surface area contributed by atoms with Crippen molar-refractivity contribution in [2.75, 3.05) is 26.2 Å². The molecule has 0 radical (unpaired) electrons. The smallest absolute Gasteiger partial charge is 0.335 e. The van der Waals surface area contributed by atoms with Crippen molar-refractivity contribution in [2.45, 2.75) is 31.8 Å². The van der Waals surface area contributed by atoms with Crippen LogP contribution in [0.1, 0.15) is 35.2 Å². The van der Waals surface area contributed by atoms with Gasteiger partial charge in [0.2, 0.25) is 0 Å². The van der Waals surface area contributed by atoms with Crippen LogP contribution in [0.15, 0.2) is 18.2 Å². The highest BCUT2D eigenvalue weighted by Gasteiger charge is 2.29. The Hall–Kier alpha value is -1.10. The Morgan fingerprint density at radius 1 is 1.29 bits per heavy atom. The lowest BCUT2D eigenvalue weighted by atomic mass is 10.1. The van der Waals surface area contributed by atoms with Gasteiger partial charge in [-0.25, -0.2) is 4.79 Å². The van der Waals surface area contributed by atoms with Gasteiger partial charge in [0.1, 0.15) is 0 Å². The molecule has 114 valence electrons. The number of aromatic carboxylic acids is 1. The van der Waals surface area contributed by atoms with Crippen molar-refractivity contribution in [1.82, 2.24) is 9.80 Å². The van der Waals surface area contributed by atoms with E-state index in [-0.39, 0.29) is 5.56 Å². The van der Waals surface area contributed by atoms with Crippen LogP contribution in [0.25, 0.3) is 0 Å². The second kappa shape index (κ2) is 6.34. The second-order valence-electron chi connectivity index (χ2n) is 6.03. The maximum Gasteiger partial charge on any atom is 0.335 e. The molecule has 2 heterocycles. The van der Waals surface area contributed by atoms with Crippen LogP contribution in [0.2, 0.25) is 5.02 Å². The SMILES string of the molecule is O=C(O)c1ccc(CN2CCC(N3CCCC3)C2)c(Cl)c1. The monoisotopic (exact) mass is 308 g/mol. The molecule has 0 aliphatic carbocycles. The number of nitrogens with zero attached hydrogens (tertiary/aromatic N) is 2. The van der Waals surface area contributed by atoms with Gasteiger partial charge in [-0.05, 0) is 50.0 Å². The summed E-state index contributed by atoms with van der Waals surface area (Å²) >= 11 is 6.21. The summed E-state index contributed by atoms with van der Waals surface area (Å²) in [5, 5.41) is 9.52. The summed E-state index contributed by atoms with van der Waals surface area (Å²) in [7, 11) is 0. The molecular weight excluding hydrogens is 288 g/mol. The number of benzene rings is 1. The number of carbonyl (C=O) groups is 1. The topological polar surface area (TPSA) is 43.8 Å². The van der Waals surface area contributed by atoms with Crippen LogP contribution in [-0.4, -0.2) is 53.1 Å². The van der Waals surface area contributed by atoms with Gasteiger partial charge in [0.25, 0.3) is 0 Å². The van der Waals surface area contributed by atoms with E-state index in [4.69, 9.17) is 16.7 Å². The maximum atomic E-state index is 10.9. The maximum absolute atomic E-state index is 10.9. The molecule has 3 rings (SSSR count). The highest BCUT2D eigenvalue weighted by molar-refractivity contribution is 6.31. The van der Waals surface area contributed by atoms with E-state index in [9.17, 15) is 4.79 Å². The summed E-state index contributed by atoms with van der Waals surface area (Å²) < 4.78 is 0. The molecule has 2 saturated heterocycles. The largest absolute Gasteiger partial charge is 0.478 e. The van der Waals surface area contributed by atoms with Crippen molar-refractivity contribution in [3.05, 3.63) is 34.3 Å². The number of likely N-dealkylation sites (tertiary alicyclic amines) is 2. The average molecular weight is 309 g/mol. The van der Waals surface area contributed by atoms with E-state index in [0.29, 0.717) is 11.1 Å². The molecule has 1 aromatic carbocycles. The standard InChI is InChI=1S/C16H21ClN2O2/c17-15-9-12(16(20)21)3-4-13(15)10-18-8-5-14(11-18)19-6-1-2-7-19/h3-4,9,14H,1-2,5-8,10-11H2,(H,20,21). The van der Waals surface area contributed by atoms with Crippen LogP contribution >= 0.6 is 11.6 Å². The van der Waals surface area contributed by atoms with Crippen LogP contribution in [0, 0.1) is 0 Å². The fourth-order valence-corrected chi connectivity index (χ4v) is 3.65. The van der Waals surface area contributed by atoms with Crippen LogP contribution in [0.3, 0.4) is 0 Å². The minimum atomic E-state index is -0.932. The summed E-state index contributed by atoms with van der Waals surface area (Å²) in [6, 6.07) is 5.71. The molecule has 0 spiro atoms. The summed E-state index contributed by atoms with van der Waals surface area (Å²) in [5.41, 5.74) is 1.27. The number of rotatable bonds is 4. The molecule has 1 unspecified atom stereocenters. The Kier molecular flexibility index (Phi) is 4.48. The van der Waals surface area contributed by atoms with Gasteiger partial charge < -0.3 is 5.11 Å². The van der Waals surface area contributed by atoms with E-state index >= 15 is 0 Å². The second-order valence-corrected chi connectivity index (χ2v) is 6.44. The van der Waals surface area contributed by atoms with Crippen molar-refractivity contribution >= 4 is 17.6 Å². The fraction of sp³-hybridized carbons (Fsp3) is 0.562. The summed E-state index contributed by atoms with van der Waals surface area (Å²) in [4.78, 5) is 16.0. The molecule has 2 aliphatic heterocycles. The number of hydrogen-bond acceptors (Lipinski definition) is 3. The van der Waals surface area contributed by atoms with Gasteiger partial charge in [0.15, 0.2) is 0 Å². The first-order chi connectivity index (χ1) is 10.1. The Morgan fingerprint density at radius 3 is 2.71 bits per heavy atom. The van der Waals surface area contributed by atoms with E-state index in [0.717, 1.165) is 25.2 Å². The Labute approximate surface area is 130 Å². The van der Waals surface area contributed by atoms with E-state index in [1.54, 1.807) is 12.1 Å². The Morgan fingerprint density at radius 2 is 2.05 bits per heavy atom. The summed E-state index contributed by atoms with van der Waals surface area (Å²) in [6.45, 7) is 5.48. The van der Waals surface area contributed by atoms with Crippen LogP contribution in [0.5, 0.6) is 0 Å². The minimum Gasteiger partial charge on any atom is -0.478 e. The van der Waals surface area contributed by atoms with Crippen molar-refractivity contribution in [1.29, 1.82) is 0 Å². The normalized spacial score (nSPS) is 23.8. The Bertz CT molecular complexity index is 529. The van der Waals surface area contributed by atoms with Gasteiger partial charge in [0.05, 0.1) is 5.56 Å². The van der Waals surface area contributed by atoms with Gasteiger partial charge in [-0.2, -0.15) is 0 Å². The highest BCUT2D eigenvalue weighted by atomic mass is 35.5. The molecule has 2 aliphatic rings. The van der Waals surface area contributed by atoms with Crippen LogP contribution in [-0.2, 0) is 6.54 Å². The fourth-order valence-electron chi connectivity index (χ4n) is 3.41. The van der Waals surface area contributed by atoms with Crippen molar-refractivity contribution < 1.29 is 9.90 Å². The molecule has 0 aromatic heterocycles. The zero-order valence-electron chi connectivity index (χ0n) is 12.1. The number of carboxylic acid groups (broad SMARTS) is 1. The first-order valence-electron chi connectivity index (χ1n) is 7.61. The average Bonchev–Trinajstić information content (AvgIpc) is 3.11. The van der Waals surface area contributed by atoms with E-state index in [1.165, 1.54) is 32.4 Å². The lowest BCUT2D eigenvalue weighted by Gasteiger charge is -2.24. The van der Waals surface area contributed by atoms with Crippen LogP contribution in [0.4, 0.5) is 0 Å². The quantitative estimate of drug-likeness (QED) is 0.929. The molecule has 1 N–H and O–H groups in total. The van der Waals surface area contributed by atoms with Gasteiger partial charge in [-0.3, -0.25) is 9.80 Å². The number of hydrogen-bond donors (Lipinski definition) is 1. The van der Waals surface area contributed by atoms with Crippen LogP contribution < -0.4 is 0 Å². The van der Waals surface area contributed by atoms with Gasteiger partial charge in [0, 0.05) is 30.7 Å². The Balaban J connectivity index is 1.61. The molecule has 0 bridgehead atoms. The zero-order valence-corrected chi connectivity index (χ0v) is 12.9. The summed E-state index contributed by atoms with van der Waals surface area (Å²) in [5.74, 6) is -0.932. The van der Waals surface area contributed by atoms with Gasteiger partial charge in [-0.1, -0.05) is 17.7 Å². The first-order valence-corrected chi connectivity index (χ1v) is 7.99. The van der Waals surface area contributed by atoms with Gasteiger partial charge in [-0.15, -0.1) is 0 Å². The molecule has 0 saturated carbocycles. The molecule has 1 aromatic rings. The highest BCUT2D eigenvalue weighted by Crippen LogP contribution is 2.24. The summed E-state index contributed by atoms with van der Waals surface area (Å²) in [6.07, 6.45) is 3.89. The third-order valence-electron chi connectivity index (χ3n) is 4.60. The molecule has 4 nitrogen and oxygen atoms in total. The third-order valence-corrected chi connectivity index (χ3v) is 4.95. The molecule has 2 fully saturated rings. The molecule has 5 heteroatoms. The first kappa shape index (κ1) is 14.8. The van der Waals surface area contributed by atoms with E-state index in [2.05, 4.69) is 9.80 Å². The van der Waals surface area contributed by atoms with E-state index in [1.807, 2.05) is 6.07 Å². The predicted molar refractivity (Wildman–Crippen MR) is 82.9 cm³/mol. The van der Waals surface area contributed by atoms with Gasteiger partial charge >= 0.3 is 5.97 Å². The number of halogens is 1. The molecule has 21 heavy (non-hydrogen) atoms. The van der Waals surface area contributed by atoms with Crippen molar-refractivity contribution in [3.8, 4) is 0 Å². The van der Waals surface area contributed by atoms with E-state index < -0.39 is 5.97 Å². The molecule has 0 amide bonds. The van der Waals surface area contributed by atoms with Crippen molar-refractivity contribution in [3.63, 3.8) is 0 Å². The molecule has 1 atom stereocenters. The minimum absolute atomic E-state index is 0.250. The van der Waals surface area contributed by atoms with Crippen molar-refractivity contribution in [2.24, 2.45) is 0 Å². The lowest BCUT2D eigenvalue weighted by molar-refractivity contribution is 0.0697. The predicted octanol–water partition coefficient (Wildman–Crippen LogP) is 2.71. The lowest BCUT2D eigenvalue weighted by Crippen LogP contribution is -2.35. The molecular formula is C16H21ClN2O2. The third kappa shape index (κ3) is 3.39.